The van der Waals surface area contributed by atoms with Crippen LogP contribution in [0.5, 0.6) is 11.5 Å². The number of rotatable bonds is 10. The van der Waals surface area contributed by atoms with E-state index in [9.17, 15) is 13.2 Å². The Morgan fingerprint density at radius 3 is 2.24 bits per heavy atom. The van der Waals surface area contributed by atoms with Gasteiger partial charge in [-0.1, -0.05) is 37.3 Å². The SMILES string of the molecule is CCc1ccc(N(CC(=O)NC(C)c2cc(OC)ccc2OC)S(=O)(=O)c2ccccc2)cc1. The monoisotopic (exact) mass is 482 g/mol. The number of nitrogens with zero attached hydrogens (tertiary/aromatic N) is 1. The van der Waals surface area contributed by atoms with Gasteiger partial charge in [0.2, 0.25) is 5.91 Å². The van der Waals surface area contributed by atoms with E-state index in [-0.39, 0.29) is 11.4 Å². The Kier molecular flexibility index (Phi) is 8.17. The van der Waals surface area contributed by atoms with Gasteiger partial charge in [-0.25, -0.2) is 8.42 Å². The van der Waals surface area contributed by atoms with E-state index in [4.69, 9.17) is 9.47 Å². The number of sulfonamides is 1. The molecule has 0 heterocycles. The predicted octanol–water partition coefficient (Wildman–Crippen LogP) is 4.34. The highest BCUT2D eigenvalue weighted by atomic mass is 32.2. The lowest BCUT2D eigenvalue weighted by atomic mass is 10.1. The molecule has 0 spiro atoms. The maximum Gasteiger partial charge on any atom is 0.264 e. The molecule has 0 saturated heterocycles. The number of carbonyl (C=O) groups is 1. The summed E-state index contributed by atoms with van der Waals surface area (Å²) in [5, 5.41) is 2.89. The molecule has 0 aliphatic heterocycles. The van der Waals surface area contributed by atoms with E-state index < -0.39 is 22.0 Å². The summed E-state index contributed by atoms with van der Waals surface area (Å²) < 4.78 is 38.8. The third-order valence-electron chi connectivity index (χ3n) is 5.53. The van der Waals surface area contributed by atoms with Crippen LogP contribution in [0.1, 0.15) is 31.0 Å². The third-order valence-corrected chi connectivity index (χ3v) is 7.32. The van der Waals surface area contributed by atoms with Gasteiger partial charge in [-0.2, -0.15) is 0 Å². The highest BCUT2D eigenvalue weighted by Gasteiger charge is 2.28. The minimum Gasteiger partial charge on any atom is -0.497 e. The number of ether oxygens (including phenoxy) is 2. The van der Waals surface area contributed by atoms with E-state index in [0.29, 0.717) is 17.2 Å². The molecule has 1 unspecified atom stereocenters. The van der Waals surface area contributed by atoms with Crippen molar-refractivity contribution in [3.8, 4) is 11.5 Å². The van der Waals surface area contributed by atoms with E-state index in [1.54, 1.807) is 69.7 Å². The molecule has 8 heteroatoms. The number of methoxy groups -OCH3 is 2. The van der Waals surface area contributed by atoms with Crippen molar-refractivity contribution in [3.63, 3.8) is 0 Å². The second kappa shape index (κ2) is 11.1. The lowest BCUT2D eigenvalue weighted by molar-refractivity contribution is -0.120. The minimum atomic E-state index is -3.96. The molecule has 0 aliphatic carbocycles. The van der Waals surface area contributed by atoms with Gasteiger partial charge in [0.15, 0.2) is 0 Å². The number of hydrogen-bond acceptors (Lipinski definition) is 5. The van der Waals surface area contributed by atoms with E-state index in [1.807, 2.05) is 19.1 Å². The maximum absolute atomic E-state index is 13.5. The Balaban J connectivity index is 1.90. The lowest BCUT2D eigenvalue weighted by Gasteiger charge is -2.25. The van der Waals surface area contributed by atoms with Crippen LogP contribution in [0.4, 0.5) is 5.69 Å². The Labute approximate surface area is 201 Å². The topological polar surface area (TPSA) is 84.9 Å². The molecule has 1 N–H and O–H groups in total. The standard InChI is InChI=1S/C26H30N2O5S/c1-5-20-11-13-21(14-12-20)28(34(30,31)23-9-7-6-8-10-23)18-26(29)27-19(2)24-17-22(32-3)15-16-25(24)33-4/h6-17,19H,5,18H2,1-4H3,(H,27,29). The Morgan fingerprint density at radius 1 is 0.971 bits per heavy atom. The van der Waals surface area contributed by atoms with Crippen LogP contribution in [0.2, 0.25) is 0 Å². The molecule has 1 amide bonds. The number of benzene rings is 3. The van der Waals surface area contributed by atoms with Crippen LogP contribution in [0.3, 0.4) is 0 Å². The molecule has 7 nitrogen and oxygen atoms in total. The summed E-state index contributed by atoms with van der Waals surface area (Å²) in [7, 11) is -0.855. The molecule has 0 saturated carbocycles. The van der Waals surface area contributed by atoms with Gasteiger partial charge in [0.05, 0.1) is 30.8 Å². The molecule has 0 radical (unpaired) electrons. The van der Waals surface area contributed by atoms with Gasteiger partial charge < -0.3 is 14.8 Å². The normalized spacial score (nSPS) is 12.0. The summed E-state index contributed by atoms with van der Waals surface area (Å²) in [6.07, 6.45) is 0.825. The van der Waals surface area contributed by atoms with Crippen molar-refractivity contribution in [2.45, 2.75) is 31.2 Å². The van der Waals surface area contributed by atoms with Crippen LogP contribution in [0.25, 0.3) is 0 Å². The van der Waals surface area contributed by atoms with E-state index in [1.165, 1.54) is 12.1 Å². The van der Waals surface area contributed by atoms with Gasteiger partial charge in [0, 0.05) is 5.56 Å². The largest absolute Gasteiger partial charge is 0.497 e. The number of hydrogen-bond donors (Lipinski definition) is 1. The Bertz CT molecular complexity index is 1210. The molecular weight excluding hydrogens is 452 g/mol. The zero-order valence-corrected chi connectivity index (χ0v) is 20.6. The lowest BCUT2D eigenvalue weighted by Crippen LogP contribution is -2.41. The van der Waals surface area contributed by atoms with Crippen molar-refractivity contribution >= 4 is 21.6 Å². The second-order valence-electron chi connectivity index (χ2n) is 7.74. The maximum atomic E-state index is 13.5. The molecule has 1 atom stereocenters. The van der Waals surface area contributed by atoms with Gasteiger partial charge in [-0.3, -0.25) is 9.10 Å². The molecular formula is C26H30N2O5S. The Morgan fingerprint density at radius 2 is 1.65 bits per heavy atom. The number of carbonyl (C=O) groups excluding carboxylic acids is 1. The van der Waals surface area contributed by atoms with E-state index in [0.717, 1.165) is 21.9 Å². The fraction of sp³-hybridized carbons (Fsp3) is 0.269. The Hall–Kier alpha value is -3.52. The highest BCUT2D eigenvalue weighted by molar-refractivity contribution is 7.92. The molecule has 34 heavy (non-hydrogen) atoms. The predicted molar refractivity (Wildman–Crippen MR) is 133 cm³/mol. The quantitative estimate of drug-likeness (QED) is 0.465. The molecule has 180 valence electrons. The van der Waals surface area contributed by atoms with Crippen molar-refractivity contribution in [2.75, 3.05) is 25.1 Å². The summed E-state index contributed by atoms with van der Waals surface area (Å²) in [6, 6.07) is 20.1. The smallest absolute Gasteiger partial charge is 0.264 e. The first-order chi connectivity index (χ1) is 16.3. The fourth-order valence-corrected chi connectivity index (χ4v) is 5.05. The molecule has 3 aromatic carbocycles. The van der Waals surface area contributed by atoms with Crippen molar-refractivity contribution in [3.05, 3.63) is 83.9 Å². The summed E-state index contributed by atoms with van der Waals surface area (Å²) in [5.74, 6) is 0.773. The molecule has 3 aromatic rings. The van der Waals surface area contributed by atoms with Crippen LogP contribution >= 0.6 is 0 Å². The summed E-state index contributed by atoms with van der Waals surface area (Å²) in [5.41, 5.74) is 2.21. The van der Waals surface area contributed by atoms with Crippen LogP contribution < -0.4 is 19.1 Å². The number of aryl methyl sites for hydroxylation is 1. The molecule has 0 aromatic heterocycles. The third kappa shape index (κ3) is 5.69. The molecule has 0 bridgehead atoms. The zero-order chi connectivity index (χ0) is 24.7. The molecule has 0 aliphatic rings. The number of amides is 1. The number of anilines is 1. The van der Waals surface area contributed by atoms with Crippen molar-refractivity contribution in [2.24, 2.45) is 0 Å². The van der Waals surface area contributed by atoms with Crippen molar-refractivity contribution in [1.29, 1.82) is 0 Å². The van der Waals surface area contributed by atoms with Crippen molar-refractivity contribution in [1.82, 2.24) is 5.32 Å². The minimum absolute atomic E-state index is 0.116. The van der Waals surface area contributed by atoms with Crippen LogP contribution in [-0.2, 0) is 21.2 Å². The first-order valence-corrected chi connectivity index (χ1v) is 12.4. The average Bonchev–Trinajstić information content (AvgIpc) is 2.87. The summed E-state index contributed by atoms with van der Waals surface area (Å²) in [6.45, 7) is 3.45. The molecule has 3 rings (SSSR count). The van der Waals surface area contributed by atoms with Gasteiger partial charge in [-0.15, -0.1) is 0 Å². The summed E-state index contributed by atoms with van der Waals surface area (Å²) in [4.78, 5) is 13.2. The first-order valence-electron chi connectivity index (χ1n) is 11.0. The number of nitrogens with one attached hydrogen (secondary N) is 1. The van der Waals surface area contributed by atoms with Gasteiger partial charge in [0.25, 0.3) is 10.0 Å². The van der Waals surface area contributed by atoms with Crippen molar-refractivity contribution < 1.29 is 22.7 Å². The summed E-state index contributed by atoms with van der Waals surface area (Å²) >= 11 is 0. The van der Waals surface area contributed by atoms with Gasteiger partial charge in [-0.05, 0) is 61.4 Å². The van der Waals surface area contributed by atoms with Crippen LogP contribution in [0.15, 0.2) is 77.7 Å². The highest BCUT2D eigenvalue weighted by Crippen LogP contribution is 2.29. The van der Waals surface area contributed by atoms with Crippen LogP contribution in [-0.4, -0.2) is 35.1 Å². The van der Waals surface area contributed by atoms with Gasteiger partial charge >= 0.3 is 0 Å². The van der Waals surface area contributed by atoms with Crippen LogP contribution in [0, 0.1) is 0 Å². The fourth-order valence-electron chi connectivity index (χ4n) is 3.61. The second-order valence-corrected chi connectivity index (χ2v) is 9.60. The molecule has 0 fully saturated rings. The van der Waals surface area contributed by atoms with E-state index >= 15 is 0 Å². The first kappa shape index (κ1) is 25.1. The average molecular weight is 483 g/mol. The van der Waals surface area contributed by atoms with E-state index in [2.05, 4.69) is 5.32 Å². The van der Waals surface area contributed by atoms with Gasteiger partial charge in [0.1, 0.15) is 18.0 Å². The zero-order valence-electron chi connectivity index (χ0n) is 19.8.